The predicted molar refractivity (Wildman–Crippen MR) is 42.3 cm³/mol. The Morgan fingerprint density at radius 2 is 2.22 bits per heavy atom. The Morgan fingerprint density at radius 1 is 1.56 bits per heavy atom. The van der Waals surface area contributed by atoms with Crippen LogP contribution >= 0.6 is 34.5 Å². The Morgan fingerprint density at radius 3 is 2.44 bits per heavy atom. The van der Waals surface area contributed by atoms with Crippen LogP contribution in [0.2, 0.25) is 9.36 Å². The van der Waals surface area contributed by atoms with Gasteiger partial charge in [0.2, 0.25) is 0 Å². The van der Waals surface area contributed by atoms with Gasteiger partial charge in [-0.05, 0) is 6.07 Å². The van der Waals surface area contributed by atoms with Crippen LogP contribution in [0.15, 0.2) is 6.07 Å². The van der Waals surface area contributed by atoms with Crippen molar-refractivity contribution in [1.29, 1.82) is 0 Å². The number of thiophene rings is 1. The first-order valence-electron chi connectivity index (χ1n) is 2.15. The van der Waals surface area contributed by atoms with E-state index in [1.165, 1.54) is 11.3 Å². The number of hydrogen-bond donors (Lipinski definition) is 0. The summed E-state index contributed by atoms with van der Waals surface area (Å²) in [6.07, 6.45) is 5.08. The van der Waals surface area contributed by atoms with Crippen molar-refractivity contribution in [2.24, 2.45) is 0 Å². The van der Waals surface area contributed by atoms with Gasteiger partial charge in [0.25, 0.3) is 0 Å². The molecule has 0 spiro atoms. The third-order valence-corrected chi connectivity index (χ3v) is 2.39. The van der Waals surface area contributed by atoms with E-state index in [4.69, 9.17) is 29.6 Å². The summed E-state index contributed by atoms with van der Waals surface area (Å²) in [5.41, 5.74) is 0. The highest BCUT2D eigenvalue weighted by Crippen LogP contribution is 2.29. The Hall–Kier alpha value is -0.160. The summed E-state index contributed by atoms with van der Waals surface area (Å²) in [4.78, 5) is 0.696. The first kappa shape index (κ1) is 6.95. The van der Waals surface area contributed by atoms with Crippen LogP contribution in [0.25, 0.3) is 0 Å². The van der Waals surface area contributed by atoms with Gasteiger partial charge < -0.3 is 0 Å². The number of hydrogen-bond acceptors (Lipinski definition) is 1. The number of rotatable bonds is 0. The molecule has 46 valence electrons. The van der Waals surface area contributed by atoms with Gasteiger partial charge in [-0.25, -0.2) is 0 Å². The van der Waals surface area contributed by atoms with Gasteiger partial charge in [0, 0.05) is 0 Å². The molecule has 3 heteroatoms. The zero-order valence-electron chi connectivity index (χ0n) is 4.32. The van der Waals surface area contributed by atoms with Gasteiger partial charge in [-0.3, -0.25) is 0 Å². The normalized spacial score (nSPS) is 9.00. The first-order chi connectivity index (χ1) is 4.24. The monoisotopic (exact) mass is 176 g/mol. The minimum Gasteiger partial charge on any atom is -0.114 e. The van der Waals surface area contributed by atoms with Gasteiger partial charge in [0.1, 0.15) is 0 Å². The molecule has 1 rings (SSSR count). The lowest BCUT2D eigenvalue weighted by molar-refractivity contribution is 1.93. The lowest BCUT2D eigenvalue weighted by Crippen LogP contribution is -1.57. The highest BCUT2D eigenvalue weighted by Gasteiger charge is 2.00. The zero-order chi connectivity index (χ0) is 6.85. The van der Waals surface area contributed by atoms with Crippen LogP contribution in [-0.2, 0) is 0 Å². The maximum absolute atomic E-state index is 5.63. The highest BCUT2D eigenvalue weighted by atomic mass is 35.5. The van der Waals surface area contributed by atoms with Crippen LogP contribution in [0.5, 0.6) is 0 Å². The average Bonchev–Trinajstić information content (AvgIpc) is 2.10. The molecule has 1 aromatic rings. The van der Waals surface area contributed by atoms with Crippen molar-refractivity contribution < 1.29 is 0 Å². The maximum atomic E-state index is 5.63. The third kappa shape index (κ3) is 1.40. The van der Waals surface area contributed by atoms with E-state index in [-0.39, 0.29) is 0 Å². The Labute approximate surface area is 67.4 Å². The van der Waals surface area contributed by atoms with Crippen molar-refractivity contribution in [3.63, 3.8) is 0 Å². The van der Waals surface area contributed by atoms with Crippen LogP contribution in [0.3, 0.4) is 0 Å². The van der Waals surface area contributed by atoms with E-state index in [0.717, 1.165) is 0 Å². The molecule has 9 heavy (non-hydrogen) atoms. The van der Waals surface area contributed by atoms with Gasteiger partial charge in [-0.2, -0.15) is 0 Å². The molecule has 0 aliphatic heterocycles. The van der Waals surface area contributed by atoms with Crippen LogP contribution in [0.1, 0.15) is 4.88 Å². The van der Waals surface area contributed by atoms with Crippen LogP contribution < -0.4 is 0 Å². The molecule has 0 N–H and O–H groups in total. The van der Waals surface area contributed by atoms with Gasteiger partial charge in [0.15, 0.2) is 0 Å². The summed E-state index contributed by atoms with van der Waals surface area (Å²) in [6, 6.07) is 1.64. The van der Waals surface area contributed by atoms with E-state index in [2.05, 4.69) is 5.92 Å². The van der Waals surface area contributed by atoms with E-state index in [0.29, 0.717) is 14.2 Å². The second-order valence-corrected chi connectivity index (χ2v) is 3.46. The van der Waals surface area contributed by atoms with Crippen LogP contribution in [0, 0.1) is 12.3 Å². The van der Waals surface area contributed by atoms with E-state index in [9.17, 15) is 0 Å². The molecular weight excluding hydrogens is 175 g/mol. The summed E-state index contributed by atoms with van der Waals surface area (Å²) in [6.45, 7) is 0. The first-order valence-corrected chi connectivity index (χ1v) is 3.72. The summed E-state index contributed by atoms with van der Waals surface area (Å²) < 4.78 is 0.632. The summed E-state index contributed by atoms with van der Waals surface area (Å²) in [5.74, 6) is 2.42. The van der Waals surface area contributed by atoms with Gasteiger partial charge in [-0.1, -0.05) is 29.1 Å². The number of halogens is 2. The SMILES string of the molecule is C#Cc1sc(Cl)cc1Cl. The largest absolute Gasteiger partial charge is 0.114 e. The Kier molecular flexibility index (Phi) is 2.02. The standard InChI is InChI=1S/C6H2Cl2S/c1-2-5-4(7)3-6(8)9-5/h1,3H. The van der Waals surface area contributed by atoms with Gasteiger partial charge in [0.05, 0.1) is 14.2 Å². The third-order valence-electron chi connectivity index (χ3n) is 0.788. The fourth-order valence-corrected chi connectivity index (χ4v) is 1.77. The van der Waals surface area contributed by atoms with E-state index < -0.39 is 0 Å². The molecule has 0 radical (unpaired) electrons. The van der Waals surface area contributed by atoms with Gasteiger partial charge >= 0.3 is 0 Å². The fraction of sp³-hybridized carbons (Fsp3) is 0. The van der Waals surface area contributed by atoms with Crippen molar-refractivity contribution in [3.05, 3.63) is 20.3 Å². The molecule has 1 aromatic heterocycles. The minimum atomic E-state index is 0.563. The molecule has 0 nitrogen and oxygen atoms in total. The number of terminal acetylenes is 1. The average molecular weight is 177 g/mol. The molecule has 0 saturated heterocycles. The maximum Gasteiger partial charge on any atom is 0.0967 e. The molecule has 0 fully saturated rings. The van der Waals surface area contributed by atoms with Crippen LogP contribution in [0.4, 0.5) is 0 Å². The molecule has 0 aromatic carbocycles. The van der Waals surface area contributed by atoms with E-state index in [1.54, 1.807) is 6.07 Å². The molecular formula is C6H2Cl2S. The molecule has 0 bridgehead atoms. The summed E-state index contributed by atoms with van der Waals surface area (Å²) >= 11 is 12.5. The van der Waals surface area contributed by atoms with Crippen molar-refractivity contribution in [2.75, 3.05) is 0 Å². The van der Waals surface area contributed by atoms with Crippen molar-refractivity contribution in [3.8, 4) is 12.3 Å². The second kappa shape index (κ2) is 2.62. The minimum absolute atomic E-state index is 0.563. The second-order valence-electron chi connectivity index (χ2n) is 1.37. The van der Waals surface area contributed by atoms with E-state index in [1.807, 2.05) is 0 Å². The van der Waals surface area contributed by atoms with E-state index >= 15 is 0 Å². The van der Waals surface area contributed by atoms with Crippen LogP contribution in [-0.4, -0.2) is 0 Å². The molecule has 0 amide bonds. The quantitative estimate of drug-likeness (QED) is 0.534. The molecule has 0 saturated carbocycles. The molecule has 0 unspecified atom stereocenters. The predicted octanol–water partition coefficient (Wildman–Crippen LogP) is 3.04. The smallest absolute Gasteiger partial charge is 0.0967 e. The molecule has 0 atom stereocenters. The van der Waals surface area contributed by atoms with Crippen molar-refractivity contribution in [2.45, 2.75) is 0 Å². The Balaban J connectivity index is 3.20. The summed E-state index contributed by atoms with van der Waals surface area (Å²) in [7, 11) is 0. The van der Waals surface area contributed by atoms with Crippen molar-refractivity contribution >= 4 is 34.5 Å². The highest BCUT2D eigenvalue weighted by molar-refractivity contribution is 7.17. The lowest BCUT2D eigenvalue weighted by atomic mass is 10.5. The van der Waals surface area contributed by atoms with Gasteiger partial charge in [-0.15, -0.1) is 17.8 Å². The molecule has 0 aliphatic carbocycles. The zero-order valence-corrected chi connectivity index (χ0v) is 6.65. The topological polar surface area (TPSA) is 0 Å². The van der Waals surface area contributed by atoms with Crippen molar-refractivity contribution in [1.82, 2.24) is 0 Å². The molecule has 1 heterocycles. The fourth-order valence-electron chi connectivity index (χ4n) is 0.439. The Bertz CT molecular complexity index is 257. The summed E-state index contributed by atoms with van der Waals surface area (Å²) in [5, 5.41) is 0.563. The lowest BCUT2D eigenvalue weighted by Gasteiger charge is -1.76. The molecule has 0 aliphatic rings.